The van der Waals surface area contributed by atoms with Crippen LogP contribution in [0.5, 0.6) is 0 Å². The van der Waals surface area contributed by atoms with Crippen molar-refractivity contribution in [3.05, 3.63) is 81.8 Å². The second-order valence-electron chi connectivity index (χ2n) is 5.38. The van der Waals surface area contributed by atoms with Gasteiger partial charge in [0.1, 0.15) is 5.82 Å². The molecule has 2 aromatic carbocycles. The van der Waals surface area contributed by atoms with E-state index in [0.717, 1.165) is 21.7 Å². The fraction of sp³-hybridized carbons (Fsp3) is 0.105. The van der Waals surface area contributed by atoms with Gasteiger partial charge in [0.2, 0.25) is 0 Å². The van der Waals surface area contributed by atoms with Gasteiger partial charge in [0.25, 0.3) is 5.91 Å². The summed E-state index contributed by atoms with van der Waals surface area (Å²) in [7, 11) is 0. The van der Waals surface area contributed by atoms with Crippen molar-refractivity contribution >= 4 is 34.7 Å². The van der Waals surface area contributed by atoms with Crippen LogP contribution in [-0.2, 0) is 12.3 Å². The molecule has 0 spiro atoms. The third-order valence-corrected chi connectivity index (χ3v) is 5.57. The van der Waals surface area contributed by atoms with Crippen molar-refractivity contribution in [2.75, 3.05) is 5.32 Å². The number of rotatable bonds is 6. The molecule has 0 fully saturated rings. The summed E-state index contributed by atoms with van der Waals surface area (Å²) in [6.45, 7) is 0.400. The lowest BCUT2D eigenvalue weighted by Gasteiger charge is -2.12. The fourth-order valence-corrected chi connectivity index (χ4v) is 3.86. The number of amides is 1. The minimum Gasteiger partial charge on any atom is -0.326 e. The smallest absolute Gasteiger partial charge is 0.265 e. The molecule has 6 heteroatoms. The first kappa shape index (κ1) is 17.7. The van der Waals surface area contributed by atoms with E-state index >= 15 is 0 Å². The zero-order chi connectivity index (χ0) is 17.6. The Kier molecular flexibility index (Phi) is 5.86. The highest BCUT2D eigenvalue weighted by atomic mass is 32.2. The minimum atomic E-state index is -0.247. The third kappa shape index (κ3) is 4.69. The maximum absolute atomic E-state index is 13.3. The zero-order valence-electron chi connectivity index (χ0n) is 13.4. The molecular formula is C19H17FN2OS2. The van der Waals surface area contributed by atoms with E-state index in [1.165, 1.54) is 23.5 Å². The maximum Gasteiger partial charge on any atom is 0.265 e. The number of hydrogen-bond acceptors (Lipinski definition) is 4. The Morgan fingerprint density at radius 3 is 2.72 bits per heavy atom. The molecule has 3 N–H and O–H groups in total. The van der Waals surface area contributed by atoms with Gasteiger partial charge >= 0.3 is 0 Å². The number of thioether (sulfide) groups is 1. The van der Waals surface area contributed by atoms with Crippen LogP contribution < -0.4 is 11.1 Å². The summed E-state index contributed by atoms with van der Waals surface area (Å²) in [5, 5.41) is 4.82. The largest absolute Gasteiger partial charge is 0.326 e. The molecule has 25 heavy (non-hydrogen) atoms. The molecule has 0 aliphatic rings. The van der Waals surface area contributed by atoms with Gasteiger partial charge in [-0.25, -0.2) is 4.39 Å². The van der Waals surface area contributed by atoms with Crippen LogP contribution in [0, 0.1) is 5.82 Å². The highest BCUT2D eigenvalue weighted by molar-refractivity contribution is 7.98. The van der Waals surface area contributed by atoms with Gasteiger partial charge in [-0.15, -0.1) is 23.1 Å². The predicted octanol–water partition coefficient (Wildman–Crippen LogP) is 4.89. The van der Waals surface area contributed by atoms with Crippen molar-refractivity contribution in [3.63, 3.8) is 0 Å². The van der Waals surface area contributed by atoms with Crippen molar-refractivity contribution in [1.29, 1.82) is 0 Å². The van der Waals surface area contributed by atoms with Crippen LogP contribution in [0.25, 0.3) is 0 Å². The molecule has 0 saturated carbocycles. The Morgan fingerprint density at radius 1 is 1.12 bits per heavy atom. The van der Waals surface area contributed by atoms with Gasteiger partial charge in [0.05, 0.1) is 10.6 Å². The topological polar surface area (TPSA) is 55.1 Å². The number of thiophene rings is 1. The Hall–Kier alpha value is -2.15. The maximum atomic E-state index is 13.3. The first-order valence-electron chi connectivity index (χ1n) is 7.71. The van der Waals surface area contributed by atoms with Crippen LogP contribution in [0.4, 0.5) is 10.1 Å². The summed E-state index contributed by atoms with van der Waals surface area (Å²) in [5.74, 6) is 0.223. The highest BCUT2D eigenvalue weighted by Gasteiger charge is 2.11. The van der Waals surface area contributed by atoms with E-state index in [1.807, 2.05) is 35.7 Å². The van der Waals surface area contributed by atoms with Gasteiger partial charge in [-0.05, 0) is 46.8 Å². The number of anilines is 1. The number of hydrogen-bond donors (Lipinski definition) is 2. The Balaban J connectivity index is 1.79. The number of nitrogens with one attached hydrogen (secondary N) is 1. The Morgan fingerprint density at radius 2 is 2.00 bits per heavy atom. The highest BCUT2D eigenvalue weighted by Crippen LogP contribution is 2.31. The van der Waals surface area contributed by atoms with Crippen LogP contribution >= 0.6 is 23.1 Å². The predicted molar refractivity (Wildman–Crippen MR) is 103 cm³/mol. The number of halogens is 1. The molecule has 1 aromatic heterocycles. The molecule has 128 valence electrons. The van der Waals surface area contributed by atoms with E-state index in [2.05, 4.69) is 5.32 Å². The molecule has 0 unspecified atom stereocenters. The molecule has 0 aliphatic carbocycles. The third-order valence-electron chi connectivity index (χ3n) is 3.56. The molecule has 3 nitrogen and oxygen atoms in total. The molecule has 3 aromatic rings. The van der Waals surface area contributed by atoms with Crippen molar-refractivity contribution < 1.29 is 9.18 Å². The van der Waals surface area contributed by atoms with Crippen molar-refractivity contribution in [1.82, 2.24) is 0 Å². The molecule has 0 saturated heterocycles. The normalized spacial score (nSPS) is 10.6. The molecule has 0 radical (unpaired) electrons. The number of benzene rings is 2. The number of carbonyl (C=O) groups excluding carboxylic acids is 1. The molecule has 0 atom stereocenters. The second kappa shape index (κ2) is 8.29. The fourth-order valence-electron chi connectivity index (χ4n) is 2.31. The average Bonchev–Trinajstić information content (AvgIpc) is 3.15. The molecular weight excluding hydrogens is 355 g/mol. The molecule has 1 amide bonds. The standard InChI is InChI=1S/C19H17FN2OS2/c20-15-4-1-3-14(9-15)12-25-17-7-6-13(11-21)10-16(17)22-19(23)18-5-2-8-24-18/h1-10H,11-12,21H2,(H,22,23). The van der Waals surface area contributed by atoms with Gasteiger partial charge in [0.15, 0.2) is 0 Å². The lowest BCUT2D eigenvalue weighted by molar-refractivity contribution is 0.103. The summed E-state index contributed by atoms with van der Waals surface area (Å²) in [6.07, 6.45) is 0. The molecule has 0 aliphatic heterocycles. The zero-order valence-corrected chi connectivity index (χ0v) is 15.0. The van der Waals surface area contributed by atoms with E-state index < -0.39 is 0 Å². The SMILES string of the molecule is NCc1ccc(SCc2cccc(F)c2)c(NC(=O)c2cccs2)c1. The van der Waals surface area contributed by atoms with Crippen LogP contribution in [0.15, 0.2) is 64.9 Å². The number of carbonyl (C=O) groups is 1. The quantitative estimate of drug-likeness (QED) is 0.606. The van der Waals surface area contributed by atoms with Crippen molar-refractivity contribution in [2.45, 2.75) is 17.2 Å². The monoisotopic (exact) mass is 372 g/mol. The minimum absolute atomic E-state index is 0.142. The van der Waals surface area contributed by atoms with E-state index in [0.29, 0.717) is 17.2 Å². The van der Waals surface area contributed by atoms with Crippen LogP contribution in [0.2, 0.25) is 0 Å². The summed E-state index contributed by atoms with van der Waals surface area (Å²) in [4.78, 5) is 13.9. The van der Waals surface area contributed by atoms with Gasteiger partial charge in [-0.3, -0.25) is 4.79 Å². The Bertz CT molecular complexity index is 866. The van der Waals surface area contributed by atoms with Gasteiger partial charge in [-0.2, -0.15) is 0 Å². The lowest BCUT2D eigenvalue weighted by atomic mass is 10.2. The first-order chi connectivity index (χ1) is 12.2. The Labute approximate surface area is 154 Å². The lowest BCUT2D eigenvalue weighted by Crippen LogP contribution is -2.11. The van der Waals surface area contributed by atoms with Crippen molar-refractivity contribution in [3.8, 4) is 0 Å². The van der Waals surface area contributed by atoms with Gasteiger partial charge in [0, 0.05) is 17.2 Å². The second-order valence-corrected chi connectivity index (χ2v) is 7.35. The van der Waals surface area contributed by atoms with Crippen molar-refractivity contribution in [2.24, 2.45) is 5.73 Å². The number of nitrogens with two attached hydrogens (primary N) is 1. The van der Waals surface area contributed by atoms with E-state index in [-0.39, 0.29) is 11.7 Å². The van der Waals surface area contributed by atoms with Gasteiger partial charge in [-0.1, -0.05) is 24.3 Å². The van der Waals surface area contributed by atoms with Gasteiger partial charge < -0.3 is 11.1 Å². The average molecular weight is 372 g/mol. The van der Waals surface area contributed by atoms with E-state index in [4.69, 9.17) is 5.73 Å². The summed E-state index contributed by atoms with van der Waals surface area (Å²) in [5.41, 5.74) is 8.27. The molecule has 1 heterocycles. The summed E-state index contributed by atoms with van der Waals surface area (Å²) in [6, 6.07) is 15.9. The van der Waals surface area contributed by atoms with E-state index in [9.17, 15) is 9.18 Å². The molecule has 3 rings (SSSR count). The van der Waals surface area contributed by atoms with E-state index in [1.54, 1.807) is 23.9 Å². The summed E-state index contributed by atoms with van der Waals surface area (Å²) >= 11 is 2.94. The van der Waals surface area contributed by atoms with Crippen LogP contribution in [0.3, 0.4) is 0 Å². The molecule has 0 bridgehead atoms. The first-order valence-corrected chi connectivity index (χ1v) is 9.57. The van der Waals surface area contributed by atoms with Crippen LogP contribution in [-0.4, -0.2) is 5.91 Å². The summed E-state index contributed by atoms with van der Waals surface area (Å²) < 4.78 is 13.3. The van der Waals surface area contributed by atoms with Crippen LogP contribution in [0.1, 0.15) is 20.8 Å².